The fraction of sp³-hybridized carbons (Fsp3) is 0.118. The molecule has 2 heterocycles. The fourth-order valence-electron chi connectivity index (χ4n) is 4.65. The van der Waals surface area contributed by atoms with Gasteiger partial charge in [0.05, 0.1) is 12.2 Å². The zero-order valence-electron chi connectivity index (χ0n) is 22.5. The Labute approximate surface area is 236 Å². The number of hydrogen-bond acceptors (Lipinski definition) is 7. The molecule has 6 rings (SSSR count). The average Bonchev–Trinajstić information content (AvgIpc) is 3.48. The first-order valence-corrected chi connectivity index (χ1v) is 13.2. The molecule has 204 valence electrons. The van der Waals surface area contributed by atoms with Crippen molar-refractivity contribution in [1.29, 1.82) is 0 Å². The van der Waals surface area contributed by atoms with E-state index in [0.29, 0.717) is 52.6 Å². The van der Waals surface area contributed by atoms with Crippen LogP contribution in [0.1, 0.15) is 44.5 Å². The summed E-state index contributed by atoms with van der Waals surface area (Å²) in [4.78, 5) is 26.2. The van der Waals surface area contributed by atoms with Crippen LogP contribution in [0.15, 0.2) is 101 Å². The lowest BCUT2D eigenvalue weighted by atomic mass is 10.1. The summed E-state index contributed by atoms with van der Waals surface area (Å²) in [5.74, 6) is 1.71. The molecule has 1 aliphatic heterocycles. The van der Waals surface area contributed by atoms with Crippen LogP contribution in [0.25, 0.3) is 17.0 Å². The molecule has 0 fully saturated rings. The number of esters is 1. The van der Waals surface area contributed by atoms with Crippen molar-refractivity contribution in [3.05, 3.63) is 125 Å². The van der Waals surface area contributed by atoms with Crippen LogP contribution in [0.2, 0.25) is 0 Å². The number of rotatable bonds is 8. The van der Waals surface area contributed by atoms with Gasteiger partial charge >= 0.3 is 5.97 Å². The molecule has 0 N–H and O–H groups in total. The third-order valence-electron chi connectivity index (χ3n) is 6.63. The summed E-state index contributed by atoms with van der Waals surface area (Å²) in [5.41, 5.74) is 3.08. The number of hydrogen-bond donors (Lipinski definition) is 0. The van der Waals surface area contributed by atoms with Crippen molar-refractivity contribution >= 4 is 28.8 Å². The Hall–Kier alpha value is -5.30. The first kappa shape index (κ1) is 26.0. The second-order valence-corrected chi connectivity index (χ2v) is 9.45. The number of ketones is 1. The predicted octanol–water partition coefficient (Wildman–Crippen LogP) is 7.55. The van der Waals surface area contributed by atoms with Crippen molar-refractivity contribution in [2.75, 3.05) is 6.61 Å². The first-order chi connectivity index (χ1) is 20.0. The van der Waals surface area contributed by atoms with Gasteiger partial charge in [0.25, 0.3) is 0 Å². The minimum Gasteiger partial charge on any atom is -0.494 e. The molecule has 4 aromatic carbocycles. The average molecular weight is 547 g/mol. The summed E-state index contributed by atoms with van der Waals surface area (Å²) in [5, 5.41) is 0.589. The number of ether oxygens (including phenoxy) is 4. The summed E-state index contributed by atoms with van der Waals surface area (Å²) in [6.07, 6.45) is 1.67. The van der Waals surface area contributed by atoms with Gasteiger partial charge in [-0.05, 0) is 73.5 Å². The molecule has 5 aromatic rings. The van der Waals surface area contributed by atoms with E-state index < -0.39 is 5.97 Å². The largest absolute Gasteiger partial charge is 0.494 e. The zero-order valence-corrected chi connectivity index (χ0v) is 22.5. The molecular weight excluding hydrogens is 520 g/mol. The van der Waals surface area contributed by atoms with Crippen LogP contribution in [0.5, 0.6) is 23.0 Å². The van der Waals surface area contributed by atoms with Crippen molar-refractivity contribution in [1.82, 2.24) is 0 Å². The van der Waals surface area contributed by atoms with Gasteiger partial charge < -0.3 is 23.4 Å². The molecule has 41 heavy (non-hydrogen) atoms. The molecule has 1 aliphatic rings. The minimum absolute atomic E-state index is 0.187. The SMILES string of the molecule is CCOc1ccc(/C=C2\Oc3cc(OC(=O)c4c(C)oc5ccc(OCc6ccccc6)cc45)ccc3C2=O)cc1. The highest BCUT2D eigenvalue weighted by Crippen LogP contribution is 2.36. The number of allylic oxidation sites excluding steroid dienone is 1. The molecule has 7 heteroatoms. The number of Topliss-reactive ketones (excluding diaryl/α,β-unsaturated/α-hetero) is 1. The van der Waals surface area contributed by atoms with E-state index in [1.165, 1.54) is 6.07 Å². The quantitative estimate of drug-likeness (QED) is 0.113. The lowest BCUT2D eigenvalue weighted by molar-refractivity contribution is 0.0734. The number of aryl methyl sites for hydroxylation is 1. The van der Waals surface area contributed by atoms with Gasteiger partial charge in [0, 0.05) is 11.5 Å². The maximum Gasteiger partial charge on any atom is 0.347 e. The summed E-state index contributed by atoms with van der Waals surface area (Å²) < 4.78 is 28.8. The van der Waals surface area contributed by atoms with Crippen LogP contribution in [0, 0.1) is 6.92 Å². The molecule has 0 spiro atoms. The Morgan fingerprint density at radius 3 is 2.39 bits per heavy atom. The molecule has 0 aliphatic carbocycles. The molecule has 0 saturated heterocycles. The van der Waals surface area contributed by atoms with Gasteiger partial charge in [0.2, 0.25) is 5.78 Å². The maximum absolute atomic E-state index is 13.3. The molecule has 0 amide bonds. The fourth-order valence-corrected chi connectivity index (χ4v) is 4.65. The minimum atomic E-state index is -0.587. The van der Waals surface area contributed by atoms with Gasteiger partial charge in [-0.25, -0.2) is 4.79 Å². The number of carbonyl (C=O) groups excluding carboxylic acids is 2. The third kappa shape index (κ3) is 5.43. The highest BCUT2D eigenvalue weighted by atomic mass is 16.5. The Bertz CT molecular complexity index is 1780. The monoisotopic (exact) mass is 546 g/mol. The first-order valence-electron chi connectivity index (χ1n) is 13.2. The lowest BCUT2D eigenvalue weighted by Gasteiger charge is -2.07. The van der Waals surface area contributed by atoms with Crippen molar-refractivity contribution in [3.8, 4) is 23.0 Å². The van der Waals surface area contributed by atoms with E-state index in [1.807, 2.05) is 61.5 Å². The Morgan fingerprint density at radius 1 is 0.854 bits per heavy atom. The highest BCUT2D eigenvalue weighted by Gasteiger charge is 2.29. The molecule has 0 unspecified atom stereocenters. The van der Waals surface area contributed by atoms with Crippen LogP contribution in [-0.2, 0) is 6.61 Å². The summed E-state index contributed by atoms with van der Waals surface area (Å²) in [7, 11) is 0. The Balaban J connectivity index is 1.19. The summed E-state index contributed by atoms with van der Waals surface area (Å²) >= 11 is 0. The number of carbonyl (C=O) groups is 2. The molecule has 0 saturated carbocycles. The number of fused-ring (bicyclic) bond motifs is 2. The normalized spacial score (nSPS) is 13.2. The Kier molecular flexibility index (Phi) is 7.00. The number of benzene rings is 4. The standard InChI is InChI=1S/C34H26O7/c1-3-37-24-11-9-22(10-12-24)17-31-33(35)27-15-13-26(19-30(27)41-31)40-34(36)32-21(2)39-29-16-14-25(18-28(29)32)38-20-23-7-5-4-6-8-23/h4-19H,3,20H2,1-2H3/b31-17-. The van der Waals surface area contributed by atoms with E-state index >= 15 is 0 Å². The highest BCUT2D eigenvalue weighted by molar-refractivity contribution is 6.14. The molecular formula is C34H26O7. The smallest absolute Gasteiger partial charge is 0.347 e. The van der Waals surface area contributed by atoms with Crippen molar-refractivity contribution in [2.24, 2.45) is 0 Å². The maximum atomic E-state index is 13.3. The van der Waals surface area contributed by atoms with E-state index in [0.717, 1.165) is 16.9 Å². The van der Waals surface area contributed by atoms with E-state index in [9.17, 15) is 9.59 Å². The Morgan fingerprint density at radius 2 is 1.61 bits per heavy atom. The molecule has 0 bridgehead atoms. The second-order valence-electron chi connectivity index (χ2n) is 9.45. The van der Waals surface area contributed by atoms with E-state index in [1.54, 1.807) is 43.3 Å². The number of furan rings is 1. The van der Waals surface area contributed by atoms with Crippen molar-refractivity contribution in [2.45, 2.75) is 20.5 Å². The van der Waals surface area contributed by atoms with Gasteiger partial charge in [-0.3, -0.25) is 4.79 Å². The third-order valence-corrected chi connectivity index (χ3v) is 6.63. The van der Waals surface area contributed by atoms with E-state index in [4.69, 9.17) is 23.4 Å². The zero-order chi connectivity index (χ0) is 28.3. The summed E-state index contributed by atoms with van der Waals surface area (Å²) in [6.45, 7) is 4.60. The second kappa shape index (κ2) is 11.1. The molecule has 7 nitrogen and oxygen atoms in total. The van der Waals surface area contributed by atoms with Crippen LogP contribution < -0.4 is 18.9 Å². The van der Waals surface area contributed by atoms with Gasteiger partial charge in [-0.1, -0.05) is 42.5 Å². The van der Waals surface area contributed by atoms with Crippen LogP contribution in [-0.4, -0.2) is 18.4 Å². The van der Waals surface area contributed by atoms with Gasteiger partial charge in [-0.15, -0.1) is 0 Å². The topological polar surface area (TPSA) is 84.2 Å². The summed E-state index contributed by atoms with van der Waals surface area (Å²) in [6, 6.07) is 27.2. The van der Waals surface area contributed by atoms with Crippen LogP contribution in [0.3, 0.4) is 0 Å². The van der Waals surface area contributed by atoms with Crippen LogP contribution in [0.4, 0.5) is 0 Å². The predicted molar refractivity (Wildman–Crippen MR) is 154 cm³/mol. The van der Waals surface area contributed by atoms with Gasteiger partial charge in [-0.2, -0.15) is 0 Å². The molecule has 1 aromatic heterocycles. The molecule has 0 radical (unpaired) electrons. The lowest BCUT2D eigenvalue weighted by Crippen LogP contribution is -2.09. The van der Waals surface area contributed by atoms with E-state index in [2.05, 4.69) is 0 Å². The van der Waals surface area contributed by atoms with Crippen LogP contribution >= 0.6 is 0 Å². The van der Waals surface area contributed by atoms with E-state index in [-0.39, 0.29) is 17.3 Å². The molecule has 0 atom stereocenters. The van der Waals surface area contributed by atoms with Crippen molar-refractivity contribution < 1.29 is 33.0 Å². The van der Waals surface area contributed by atoms with Crippen molar-refractivity contribution in [3.63, 3.8) is 0 Å². The van der Waals surface area contributed by atoms with Gasteiger partial charge in [0.1, 0.15) is 46.5 Å². The van der Waals surface area contributed by atoms with Gasteiger partial charge in [0.15, 0.2) is 5.76 Å².